The second-order valence-corrected chi connectivity index (χ2v) is 6.00. The molecule has 0 fully saturated rings. The molecule has 0 saturated heterocycles. The first-order valence-electron chi connectivity index (χ1n) is 6.61. The summed E-state index contributed by atoms with van der Waals surface area (Å²) in [5, 5.41) is 29.1. The van der Waals surface area contributed by atoms with Crippen LogP contribution < -0.4 is 5.46 Å². The zero-order chi connectivity index (χ0) is 15.8. The largest absolute Gasteiger partial charge is 0.491 e. The van der Waals surface area contributed by atoms with Gasteiger partial charge in [0.2, 0.25) is 0 Å². The first kappa shape index (κ1) is 15.5. The highest BCUT2D eigenvalue weighted by Crippen LogP contribution is 2.25. The van der Waals surface area contributed by atoms with E-state index >= 15 is 0 Å². The Hall–Kier alpha value is -1.88. The quantitative estimate of drug-likeness (QED) is 0.797. The Balaban J connectivity index is 2.27. The number of imidazole rings is 1. The minimum Gasteiger partial charge on any atom is -0.423 e. The van der Waals surface area contributed by atoms with Crippen molar-refractivity contribution in [3.8, 4) is 6.07 Å². The predicted molar refractivity (Wildman–Crippen MR) is 79.0 cm³/mol. The van der Waals surface area contributed by atoms with Gasteiger partial charge >= 0.3 is 7.12 Å². The number of aliphatic hydroxyl groups is 1. The number of hydrogen-bond acceptors (Lipinski definition) is 5. The van der Waals surface area contributed by atoms with Gasteiger partial charge in [0.25, 0.3) is 0 Å². The standard InChI is InChI=1S/C14H18BN3O3/c1-13(2,19)14(3,4)21-15(20)10-5-6-18-9-11(8-16)17-12(18)7-10/h5-7,9,19-20H,1-4H3. The van der Waals surface area contributed by atoms with E-state index in [4.69, 9.17) is 9.92 Å². The summed E-state index contributed by atoms with van der Waals surface area (Å²) < 4.78 is 7.26. The van der Waals surface area contributed by atoms with Crippen LogP contribution in [0.2, 0.25) is 0 Å². The minimum atomic E-state index is -1.20. The van der Waals surface area contributed by atoms with Crippen LogP contribution in [0.3, 0.4) is 0 Å². The number of nitriles is 1. The Labute approximate surface area is 123 Å². The summed E-state index contributed by atoms with van der Waals surface area (Å²) in [4.78, 5) is 4.11. The second-order valence-electron chi connectivity index (χ2n) is 6.00. The molecule has 110 valence electrons. The summed E-state index contributed by atoms with van der Waals surface area (Å²) in [6.45, 7) is 6.66. The Morgan fingerprint density at radius 2 is 2.05 bits per heavy atom. The lowest BCUT2D eigenvalue weighted by atomic mass is 9.77. The molecule has 0 saturated carbocycles. The van der Waals surface area contributed by atoms with Crippen molar-refractivity contribution in [3.05, 3.63) is 30.2 Å². The van der Waals surface area contributed by atoms with Crippen molar-refractivity contribution in [2.45, 2.75) is 38.9 Å². The van der Waals surface area contributed by atoms with Crippen LogP contribution in [0.1, 0.15) is 33.4 Å². The third kappa shape index (κ3) is 3.08. The summed E-state index contributed by atoms with van der Waals surface area (Å²) >= 11 is 0. The van der Waals surface area contributed by atoms with Crippen molar-refractivity contribution >= 4 is 18.2 Å². The number of aromatic nitrogens is 2. The van der Waals surface area contributed by atoms with Crippen molar-refractivity contribution in [2.75, 3.05) is 0 Å². The molecule has 7 heteroatoms. The molecule has 0 bridgehead atoms. The smallest absolute Gasteiger partial charge is 0.423 e. The molecule has 2 aromatic rings. The molecule has 0 atom stereocenters. The van der Waals surface area contributed by atoms with E-state index in [0.29, 0.717) is 16.8 Å². The van der Waals surface area contributed by atoms with E-state index in [-0.39, 0.29) is 0 Å². The summed E-state index contributed by atoms with van der Waals surface area (Å²) in [6.07, 6.45) is 3.30. The number of pyridine rings is 1. The lowest BCUT2D eigenvalue weighted by Crippen LogP contribution is -2.53. The Morgan fingerprint density at radius 1 is 1.38 bits per heavy atom. The summed E-state index contributed by atoms with van der Waals surface area (Å²) in [5.41, 5.74) is -0.687. The molecule has 0 aliphatic heterocycles. The van der Waals surface area contributed by atoms with E-state index in [9.17, 15) is 10.1 Å². The van der Waals surface area contributed by atoms with Crippen molar-refractivity contribution in [1.82, 2.24) is 9.38 Å². The van der Waals surface area contributed by atoms with Crippen LogP contribution in [0.25, 0.3) is 5.65 Å². The molecule has 6 nitrogen and oxygen atoms in total. The maximum absolute atomic E-state index is 10.2. The zero-order valence-corrected chi connectivity index (χ0v) is 12.5. The van der Waals surface area contributed by atoms with Gasteiger partial charge in [-0.2, -0.15) is 5.26 Å². The average Bonchev–Trinajstić information content (AvgIpc) is 2.78. The van der Waals surface area contributed by atoms with Crippen molar-refractivity contribution in [3.63, 3.8) is 0 Å². The van der Waals surface area contributed by atoms with Crippen molar-refractivity contribution in [1.29, 1.82) is 5.26 Å². The van der Waals surface area contributed by atoms with Crippen LogP contribution in [0.15, 0.2) is 24.5 Å². The third-order valence-corrected chi connectivity index (χ3v) is 3.76. The van der Waals surface area contributed by atoms with Gasteiger partial charge in [0, 0.05) is 12.4 Å². The van der Waals surface area contributed by atoms with Gasteiger partial charge < -0.3 is 19.2 Å². The highest BCUT2D eigenvalue weighted by atomic mass is 16.5. The van der Waals surface area contributed by atoms with Gasteiger partial charge in [0.15, 0.2) is 5.69 Å². The van der Waals surface area contributed by atoms with E-state index in [1.807, 2.05) is 6.07 Å². The van der Waals surface area contributed by atoms with Gasteiger partial charge in [-0.3, -0.25) is 0 Å². The van der Waals surface area contributed by atoms with E-state index in [1.165, 1.54) is 0 Å². The first-order valence-corrected chi connectivity index (χ1v) is 6.61. The fourth-order valence-corrected chi connectivity index (χ4v) is 1.70. The predicted octanol–water partition coefficient (Wildman–Crippen LogP) is 0.460. The minimum absolute atomic E-state index is 0.305. The highest BCUT2D eigenvalue weighted by molar-refractivity contribution is 6.60. The highest BCUT2D eigenvalue weighted by Gasteiger charge is 2.39. The van der Waals surface area contributed by atoms with Crippen LogP contribution in [0, 0.1) is 11.3 Å². The Morgan fingerprint density at radius 3 is 2.62 bits per heavy atom. The third-order valence-electron chi connectivity index (χ3n) is 3.76. The van der Waals surface area contributed by atoms with E-state index < -0.39 is 18.3 Å². The van der Waals surface area contributed by atoms with Crippen molar-refractivity contribution < 1.29 is 14.8 Å². The molecular formula is C14H18BN3O3. The molecule has 0 aliphatic rings. The second kappa shape index (κ2) is 5.15. The molecule has 0 unspecified atom stereocenters. The van der Waals surface area contributed by atoms with Gasteiger partial charge in [0.05, 0.1) is 11.2 Å². The Kier molecular flexibility index (Phi) is 3.80. The summed E-state index contributed by atoms with van der Waals surface area (Å²) in [6, 6.07) is 5.29. The molecular weight excluding hydrogens is 269 g/mol. The molecule has 21 heavy (non-hydrogen) atoms. The molecule has 0 aliphatic carbocycles. The molecule has 2 aromatic heterocycles. The Bertz CT molecular complexity index is 698. The molecule has 0 spiro atoms. The van der Waals surface area contributed by atoms with Gasteiger partial charge in [-0.15, -0.1) is 0 Å². The average molecular weight is 287 g/mol. The lowest BCUT2D eigenvalue weighted by molar-refractivity contribution is -0.0982. The number of fused-ring (bicyclic) bond motifs is 1. The van der Waals surface area contributed by atoms with E-state index in [2.05, 4.69) is 4.98 Å². The van der Waals surface area contributed by atoms with E-state index in [0.717, 1.165) is 0 Å². The first-order chi connectivity index (χ1) is 9.64. The normalized spacial score (nSPS) is 12.4. The van der Waals surface area contributed by atoms with Gasteiger partial charge in [-0.05, 0) is 45.3 Å². The number of nitrogens with zero attached hydrogens (tertiary/aromatic N) is 3. The maximum atomic E-state index is 10.2. The number of rotatable bonds is 4. The van der Waals surface area contributed by atoms with Crippen LogP contribution in [-0.2, 0) is 4.65 Å². The van der Waals surface area contributed by atoms with E-state index in [1.54, 1.807) is 56.6 Å². The number of hydrogen-bond donors (Lipinski definition) is 2. The van der Waals surface area contributed by atoms with Crippen LogP contribution in [-0.4, -0.2) is 37.8 Å². The lowest BCUT2D eigenvalue weighted by Gasteiger charge is -2.38. The van der Waals surface area contributed by atoms with Gasteiger partial charge in [-0.1, -0.05) is 0 Å². The maximum Gasteiger partial charge on any atom is 0.491 e. The summed E-state index contributed by atoms with van der Waals surface area (Å²) in [5.74, 6) is 0. The van der Waals surface area contributed by atoms with Gasteiger partial charge in [0.1, 0.15) is 11.7 Å². The molecule has 0 aromatic carbocycles. The molecule has 2 N–H and O–H groups in total. The van der Waals surface area contributed by atoms with Crippen LogP contribution in [0.5, 0.6) is 0 Å². The van der Waals surface area contributed by atoms with Crippen LogP contribution in [0.4, 0.5) is 0 Å². The fraction of sp³-hybridized carbons (Fsp3) is 0.429. The topological polar surface area (TPSA) is 90.8 Å². The SMILES string of the molecule is CC(C)(O)C(C)(C)OB(O)c1ccn2cc(C#N)nc2c1. The van der Waals surface area contributed by atoms with Gasteiger partial charge in [-0.25, -0.2) is 4.98 Å². The monoisotopic (exact) mass is 287 g/mol. The van der Waals surface area contributed by atoms with Crippen LogP contribution >= 0.6 is 0 Å². The van der Waals surface area contributed by atoms with Crippen molar-refractivity contribution in [2.24, 2.45) is 0 Å². The molecule has 2 rings (SSSR count). The molecule has 2 heterocycles. The summed E-state index contributed by atoms with van der Waals surface area (Å²) in [7, 11) is -1.20. The fourth-order valence-electron chi connectivity index (χ4n) is 1.70. The molecule has 0 radical (unpaired) electrons. The molecule has 0 amide bonds. The zero-order valence-electron chi connectivity index (χ0n) is 12.5.